The van der Waals surface area contributed by atoms with Crippen molar-refractivity contribution in [3.63, 3.8) is 0 Å². The summed E-state index contributed by atoms with van der Waals surface area (Å²) in [6, 6.07) is 0. The Hall–Kier alpha value is -1.40. The van der Waals surface area contributed by atoms with Gasteiger partial charge in [-0.1, -0.05) is 6.92 Å². The van der Waals surface area contributed by atoms with Crippen LogP contribution in [0.25, 0.3) is 0 Å². The summed E-state index contributed by atoms with van der Waals surface area (Å²) in [7, 11) is 0. The number of hydrogen-bond donors (Lipinski definition) is 3. The molecule has 0 spiro atoms. The lowest BCUT2D eigenvalue weighted by molar-refractivity contribution is 0.263. The number of nitrogen functional groups attached to an aromatic ring is 1. The van der Waals surface area contributed by atoms with E-state index in [2.05, 4.69) is 27.2 Å². The highest BCUT2D eigenvalue weighted by atomic mass is 16.3. The van der Waals surface area contributed by atoms with Crippen molar-refractivity contribution in [2.75, 3.05) is 30.0 Å². The van der Waals surface area contributed by atoms with Crippen LogP contribution in [0.5, 0.6) is 0 Å². The van der Waals surface area contributed by atoms with Gasteiger partial charge in [0.1, 0.15) is 18.0 Å². The highest BCUT2D eigenvalue weighted by molar-refractivity contribution is 5.58. The Kier molecular flexibility index (Phi) is 4.33. The summed E-state index contributed by atoms with van der Waals surface area (Å²) in [5, 5.41) is 9.00. The fourth-order valence-electron chi connectivity index (χ4n) is 2.57. The van der Waals surface area contributed by atoms with E-state index in [9.17, 15) is 0 Å². The number of nitrogens with two attached hydrogens (primary N) is 1. The normalized spacial score (nSPS) is 19.3. The van der Waals surface area contributed by atoms with Crippen molar-refractivity contribution in [3.8, 4) is 0 Å². The molecule has 18 heavy (non-hydrogen) atoms. The zero-order valence-corrected chi connectivity index (χ0v) is 10.8. The first-order valence-electron chi connectivity index (χ1n) is 6.46. The van der Waals surface area contributed by atoms with E-state index in [1.807, 2.05) is 0 Å². The van der Waals surface area contributed by atoms with Crippen molar-refractivity contribution in [1.29, 1.82) is 0 Å². The molecule has 1 aliphatic rings. The van der Waals surface area contributed by atoms with Gasteiger partial charge in [-0.25, -0.2) is 15.8 Å². The monoisotopic (exact) mass is 251 g/mol. The minimum Gasteiger partial charge on any atom is -0.396 e. The number of nitrogens with zero attached hydrogens (tertiary/aromatic N) is 3. The largest absolute Gasteiger partial charge is 0.396 e. The van der Waals surface area contributed by atoms with Gasteiger partial charge in [0, 0.05) is 25.3 Å². The van der Waals surface area contributed by atoms with Crippen LogP contribution < -0.4 is 16.2 Å². The van der Waals surface area contributed by atoms with Gasteiger partial charge in [-0.05, 0) is 25.2 Å². The van der Waals surface area contributed by atoms with Crippen LogP contribution in [-0.2, 0) is 6.42 Å². The van der Waals surface area contributed by atoms with Crippen LogP contribution in [0.15, 0.2) is 6.33 Å². The molecule has 1 atom stereocenters. The SMILES string of the molecule is CCc1c(NN)ncnc1N1CCC(CCO)C1. The molecule has 0 saturated carbocycles. The van der Waals surface area contributed by atoms with E-state index in [0.29, 0.717) is 11.7 Å². The molecule has 100 valence electrons. The van der Waals surface area contributed by atoms with Crippen molar-refractivity contribution in [1.82, 2.24) is 9.97 Å². The second-order valence-electron chi connectivity index (χ2n) is 4.64. The van der Waals surface area contributed by atoms with E-state index in [4.69, 9.17) is 10.9 Å². The number of hydrogen-bond acceptors (Lipinski definition) is 6. The lowest BCUT2D eigenvalue weighted by Gasteiger charge is -2.21. The minimum absolute atomic E-state index is 0.262. The number of anilines is 2. The Morgan fingerprint density at radius 1 is 1.56 bits per heavy atom. The standard InChI is InChI=1S/C12H21N5O/c1-2-10-11(16-13)14-8-15-12(10)17-5-3-9(7-17)4-6-18/h8-9,18H,2-7,13H2,1H3,(H,14,15,16). The summed E-state index contributed by atoms with van der Waals surface area (Å²) in [4.78, 5) is 10.8. The smallest absolute Gasteiger partial charge is 0.148 e. The summed E-state index contributed by atoms with van der Waals surface area (Å²) < 4.78 is 0. The summed E-state index contributed by atoms with van der Waals surface area (Å²) in [6.07, 6.45) is 4.37. The van der Waals surface area contributed by atoms with Gasteiger partial charge in [-0.15, -0.1) is 0 Å². The molecular weight excluding hydrogens is 230 g/mol. The molecule has 0 aliphatic carbocycles. The molecule has 6 heteroatoms. The number of hydrazine groups is 1. The summed E-state index contributed by atoms with van der Waals surface area (Å²) in [5.74, 6) is 7.71. The molecule has 0 amide bonds. The Balaban J connectivity index is 2.18. The number of aliphatic hydroxyl groups is 1. The van der Waals surface area contributed by atoms with E-state index in [0.717, 1.165) is 43.7 Å². The lowest BCUT2D eigenvalue weighted by atomic mass is 10.1. The lowest BCUT2D eigenvalue weighted by Crippen LogP contribution is -2.24. The Morgan fingerprint density at radius 3 is 3.06 bits per heavy atom. The van der Waals surface area contributed by atoms with Crippen molar-refractivity contribution in [2.45, 2.75) is 26.2 Å². The van der Waals surface area contributed by atoms with Gasteiger partial charge in [0.2, 0.25) is 0 Å². The molecule has 1 aromatic rings. The number of aliphatic hydroxyl groups excluding tert-OH is 1. The maximum absolute atomic E-state index is 9.00. The van der Waals surface area contributed by atoms with Gasteiger partial charge >= 0.3 is 0 Å². The third-order valence-corrected chi connectivity index (χ3v) is 3.54. The molecule has 1 unspecified atom stereocenters. The third kappa shape index (κ3) is 2.54. The fraction of sp³-hybridized carbons (Fsp3) is 0.667. The van der Waals surface area contributed by atoms with Crippen LogP contribution in [0.4, 0.5) is 11.6 Å². The predicted octanol–water partition coefficient (Wildman–Crippen LogP) is 0.533. The first-order valence-corrected chi connectivity index (χ1v) is 6.46. The summed E-state index contributed by atoms with van der Waals surface area (Å²) >= 11 is 0. The van der Waals surface area contributed by atoms with Gasteiger partial charge in [-0.3, -0.25) is 0 Å². The molecule has 6 nitrogen and oxygen atoms in total. The molecule has 0 radical (unpaired) electrons. The molecule has 1 aromatic heterocycles. The van der Waals surface area contributed by atoms with Crippen LogP contribution in [0.2, 0.25) is 0 Å². The van der Waals surface area contributed by atoms with Crippen molar-refractivity contribution < 1.29 is 5.11 Å². The molecule has 2 rings (SSSR count). The quantitative estimate of drug-likeness (QED) is 0.523. The van der Waals surface area contributed by atoms with Gasteiger partial charge in [0.05, 0.1) is 0 Å². The molecule has 4 N–H and O–H groups in total. The predicted molar refractivity (Wildman–Crippen MR) is 71.2 cm³/mol. The molecule has 0 aromatic carbocycles. The average molecular weight is 251 g/mol. The van der Waals surface area contributed by atoms with E-state index in [1.165, 1.54) is 0 Å². The summed E-state index contributed by atoms with van der Waals surface area (Å²) in [5.41, 5.74) is 3.69. The maximum atomic E-state index is 9.00. The Bertz CT molecular complexity index is 398. The second kappa shape index (κ2) is 5.97. The highest BCUT2D eigenvalue weighted by Crippen LogP contribution is 2.29. The van der Waals surface area contributed by atoms with Crippen LogP contribution in [0.3, 0.4) is 0 Å². The second-order valence-corrected chi connectivity index (χ2v) is 4.64. The van der Waals surface area contributed by atoms with Crippen molar-refractivity contribution in [3.05, 3.63) is 11.9 Å². The average Bonchev–Trinajstić information content (AvgIpc) is 2.86. The van der Waals surface area contributed by atoms with Crippen LogP contribution in [0.1, 0.15) is 25.3 Å². The van der Waals surface area contributed by atoms with Gasteiger partial charge < -0.3 is 15.4 Å². The molecular formula is C12H21N5O. The van der Waals surface area contributed by atoms with Gasteiger partial charge in [0.15, 0.2) is 0 Å². The maximum Gasteiger partial charge on any atom is 0.148 e. The third-order valence-electron chi connectivity index (χ3n) is 3.54. The topological polar surface area (TPSA) is 87.3 Å². The van der Waals surface area contributed by atoms with Crippen molar-refractivity contribution >= 4 is 11.6 Å². The molecule has 1 fully saturated rings. The van der Waals surface area contributed by atoms with E-state index >= 15 is 0 Å². The van der Waals surface area contributed by atoms with E-state index in [1.54, 1.807) is 6.33 Å². The van der Waals surface area contributed by atoms with Gasteiger partial charge in [-0.2, -0.15) is 0 Å². The Morgan fingerprint density at radius 2 is 2.39 bits per heavy atom. The van der Waals surface area contributed by atoms with Crippen molar-refractivity contribution in [2.24, 2.45) is 11.8 Å². The zero-order chi connectivity index (χ0) is 13.0. The van der Waals surface area contributed by atoms with E-state index < -0.39 is 0 Å². The molecule has 1 saturated heterocycles. The highest BCUT2D eigenvalue weighted by Gasteiger charge is 2.25. The van der Waals surface area contributed by atoms with E-state index in [-0.39, 0.29) is 6.61 Å². The summed E-state index contributed by atoms with van der Waals surface area (Å²) in [6.45, 7) is 4.27. The van der Waals surface area contributed by atoms with Crippen LogP contribution in [-0.4, -0.2) is 34.8 Å². The zero-order valence-electron chi connectivity index (χ0n) is 10.8. The molecule has 2 heterocycles. The fourth-order valence-corrected chi connectivity index (χ4v) is 2.57. The van der Waals surface area contributed by atoms with Crippen LogP contribution in [0, 0.1) is 5.92 Å². The first-order chi connectivity index (χ1) is 8.80. The minimum atomic E-state index is 0.262. The van der Waals surface area contributed by atoms with Gasteiger partial charge in [0.25, 0.3) is 0 Å². The number of rotatable bonds is 5. The number of aromatic nitrogens is 2. The first kappa shape index (κ1) is 13.0. The Labute approximate surface area is 107 Å². The van der Waals surface area contributed by atoms with Crippen LogP contribution >= 0.6 is 0 Å². The molecule has 0 bridgehead atoms. The number of nitrogens with one attached hydrogen (secondary N) is 1. The molecule has 1 aliphatic heterocycles.